The van der Waals surface area contributed by atoms with Crippen LogP contribution in [0, 0.1) is 5.92 Å². The lowest BCUT2D eigenvalue weighted by Gasteiger charge is -2.12. The summed E-state index contributed by atoms with van der Waals surface area (Å²) < 4.78 is 0. The predicted octanol–water partition coefficient (Wildman–Crippen LogP) is 0.736. The number of carbonyl (C=O) groups is 2. The van der Waals surface area contributed by atoms with Gasteiger partial charge in [-0.1, -0.05) is 13.8 Å². The highest BCUT2D eigenvalue weighted by Gasteiger charge is 2.16. The van der Waals surface area contributed by atoms with E-state index in [0.29, 0.717) is 0 Å². The zero-order chi connectivity index (χ0) is 9.02. The van der Waals surface area contributed by atoms with Crippen molar-refractivity contribution in [2.75, 3.05) is 0 Å². The van der Waals surface area contributed by atoms with Crippen LogP contribution in [0.5, 0.6) is 0 Å². The van der Waals surface area contributed by atoms with Crippen molar-refractivity contribution in [3.05, 3.63) is 0 Å². The molecule has 0 aliphatic heterocycles. The quantitative estimate of drug-likeness (QED) is 0.656. The smallest absolute Gasteiger partial charge is 0.217 e. The maximum atomic E-state index is 11.2. The standard InChI is InChI=1S/C8H15NO2/c1-5(2)8(11)6(3)9-7(4)10/h5-6H,1-4H3,(H,9,10)/t6-/m0/s1. The van der Waals surface area contributed by atoms with Crippen molar-refractivity contribution in [3.63, 3.8) is 0 Å². The fraction of sp³-hybridized carbons (Fsp3) is 0.750. The van der Waals surface area contributed by atoms with Crippen LogP contribution in [0.25, 0.3) is 0 Å². The van der Waals surface area contributed by atoms with Crippen LogP contribution in [-0.2, 0) is 9.59 Å². The number of carbonyl (C=O) groups excluding carboxylic acids is 2. The second kappa shape index (κ2) is 4.11. The molecule has 0 saturated carbocycles. The number of hydrogen-bond donors (Lipinski definition) is 1. The molecule has 0 spiro atoms. The van der Waals surface area contributed by atoms with Gasteiger partial charge < -0.3 is 5.32 Å². The molecule has 3 nitrogen and oxygen atoms in total. The Bertz CT molecular complexity index is 163. The molecule has 0 aromatic heterocycles. The van der Waals surface area contributed by atoms with Gasteiger partial charge in [0.15, 0.2) is 5.78 Å². The Hall–Kier alpha value is -0.860. The average molecular weight is 157 g/mol. The summed E-state index contributed by atoms with van der Waals surface area (Å²) in [6.45, 7) is 6.75. The van der Waals surface area contributed by atoms with Crippen molar-refractivity contribution in [2.45, 2.75) is 33.7 Å². The molecule has 1 N–H and O–H groups in total. The second-order valence-corrected chi connectivity index (χ2v) is 2.98. The van der Waals surface area contributed by atoms with E-state index in [1.165, 1.54) is 6.92 Å². The lowest BCUT2D eigenvalue weighted by atomic mass is 10.0. The molecule has 0 bridgehead atoms. The minimum absolute atomic E-state index is 0.0168. The predicted molar refractivity (Wildman–Crippen MR) is 43.1 cm³/mol. The lowest BCUT2D eigenvalue weighted by Crippen LogP contribution is -2.39. The van der Waals surface area contributed by atoms with Gasteiger partial charge in [0.1, 0.15) is 0 Å². The highest BCUT2D eigenvalue weighted by atomic mass is 16.2. The molecule has 64 valence electrons. The van der Waals surface area contributed by atoms with Crippen molar-refractivity contribution in [1.82, 2.24) is 5.32 Å². The fourth-order valence-electron chi connectivity index (χ4n) is 0.876. The molecular weight excluding hydrogens is 142 g/mol. The maximum Gasteiger partial charge on any atom is 0.217 e. The van der Waals surface area contributed by atoms with E-state index < -0.39 is 0 Å². The molecule has 0 heterocycles. The molecule has 0 rings (SSSR count). The Balaban J connectivity index is 3.93. The Morgan fingerprint density at radius 1 is 1.18 bits per heavy atom. The average Bonchev–Trinajstić information content (AvgIpc) is 1.84. The van der Waals surface area contributed by atoms with Crippen LogP contribution in [0.2, 0.25) is 0 Å². The van der Waals surface area contributed by atoms with Gasteiger partial charge in [-0.3, -0.25) is 9.59 Å². The van der Waals surface area contributed by atoms with Gasteiger partial charge in [-0.25, -0.2) is 0 Å². The first kappa shape index (κ1) is 10.1. The maximum absolute atomic E-state index is 11.2. The third kappa shape index (κ3) is 3.75. The molecule has 1 amide bonds. The summed E-state index contributed by atoms with van der Waals surface area (Å²) in [7, 11) is 0. The summed E-state index contributed by atoms with van der Waals surface area (Å²) in [5.74, 6) is -0.108. The van der Waals surface area contributed by atoms with E-state index in [4.69, 9.17) is 0 Å². The van der Waals surface area contributed by atoms with E-state index in [-0.39, 0.29) is 23.7 Å². The van der Waals surface area contributed by atoms with E-state index in [9.17, 15) is 9.59 Å². The number of nitrogens with one attached hydrogen (secondary N) is 1. The SMILES string of the molecule is CC(=O)N[C@@H](C)C(=O)C(C)C. The largest absolute Gasteiger partial charge is 0.347 e. The first-order valence-electron chi connectivity index (χ1n) is 3.76. The molecule has 0 aromatic rings. The first-order valence-corrected chi connectivity index (χ1v) is 3.76. The van der Waals surface area contributed by atoms with Gasteiger partial charge in [0.25, 0.3) is 0 Å². The molecule has 0 fully saturated rings. The highest BCUT2D eigenvalue weighted by molar-refractivity contribution is 5.89. The summed E-state index contributed by atoms with van der Waals surface area (Å²) in [4.78, 5) is 21.7. The van der Waals surface area contributed by atoms with Gasteiger partial charge in [0.2, 0.25) is 5.91 Å². The van der Waals surface area contributed by atoms with Crippen molar-refractivity contribution in [1.29, 1.82) is 0 Å². The Kier molecular flexibility index (Phi) is 3.79. The van der Waals surface area contributed by atoms with Crippen LogP contribution >= 0.6 is 0 Å². The molecule has 0 aliphatic carbocycles. The van der Waals surface area contributed by atoms with Crippen LogP contribution in [0.3, 0.4) is 0 Å². The molecule has 1 atom stereocenters. The molecular formula is C8H15NO2. The van der Waals surface area contributed by atoms with Crippen LogP contribution in [0.15, 0.2) is 0 Å². The molecule has 3 heteroatoms. The summed E-state index contributed by atoms with van der Waals surface area (Å²) in [6.07, 6.45) is 0. The van der Waals surface area contributed by atoms with Gasteiger partial charge >= 0.3 is 0 Å². The van der Waals surface area contributed by atoms with Crippen molar-refractivity contribution >= 4 is 11.7 Å². The van der Waals surface area contributed by atoms with E-state index in [1.807, 2.05) is 13.8 Å². The summed E-state index contributed by atoms with van der Waals surface area (Å²) in [6, 6.07) is -0.354. The number of rotatable bonds is 3. The van der Waals surface area contributed by atoms with Crippen LogP contribution < -0.4 is 5.32 Å². The highest BCUT2D eigenvalue weighted by Crippen LogP contribution is 1.98. The molecule has 0 saturated heterocycles. The van der Waals surface area contributed by atoms with Crippen molar-refractivity contribution in [2.24, 2.45) is 5.92 Å². The number of hydrogen-bond acceptors (Lipinski definition) is 2. The van der Waals surface area contributed by atoms with E-state index in [0.717, 1.165) is 0 Å². The van der Waals surface area contributed by atoms with Gasteiger partial charge in [0, 0.05) is 12.8 Å². The zero-order valence-corrected chi connectivity index (χ0v) is 7.47. The van der Waals surface area contributed by atoms with E-state index in [2.05, 4.69) is 5.32 Å². The monoisotopic (exact) mass is 157 g/mol. The second-order valence-electron chi connectivity index (χ2n) is 2.98. The Morgan fingerprint density at radius 2 is 1.64 bits per heavy atom. The fourth-order valence-corrected chi connectivity index (χ4v) is 0.876. The van der Waals surface area contributed by atoms with Gasteiger partial charge in [-0.2, -0.15) is 0 Å². The van der Waals surface area contributed by atoms with Crippen molar-refractivity contribution < 1.29 is 9.59 Å². The zero-order valence-electron chi connectivity index (χ0n) is 7.47. The summed E-state index contributed by atoms with van der Waals surface area (Å²) >= 11 is 0. The van der Waals surface area contributed by atoms with Crippen molar-refractivity contribution in [3.8, 4) is 0 Å². The van der Waals surface area contributed by atoms with Crippen LogP contribution in [-0.4, -0.2) is 17.7 Å². The Morgan fingerprint density at radius 3 is 1.91 bits per heavy atom. The number of amides is 1. The number of Topliss-reactive ketones (excluding diaryl/α,β-unsaturated/α-hetero) is 1. The van der Waals surface area contributed by atoms with Gasteiger partial charge in [-0.15, -0.1) is 0 Å². The first-order chi connectivity index (χ1) is 4.95. The molecule has 0 unspecified atom stereocenters. The molecule has 0 aliphatic rings. The summed E-state index contributed by atoms with van der Waals surface area (Å²) in [5, 5.41) is 2.54. The van der Waals surface area contributed by atoms with E-state index >= 15 is 0 Å². The van der Waals surface area contributed by atoms with Crippen LogP contribution in [0.4, 0.5) is 0 Å². The third-order valence-corrected chi connectivity index (χ3v) is 1.42. The van der Waals surface area contributed by atoms with E-state index in [1.54, 1.807) is 6.92 Å². The van der Waals surface area contributed by atoms with Gasteiger partial charge in [0.05, 0.1) is 6.04 Å². The lowest BCUT2D eigenvalue weighted by molar-refractivity contribution is -0.128. The Labute approximate surface area is 67.2 Å². The minimum Gasteiger partial charge on any atom is -0.347 e. The normalized spacial score (nSPS) is 12.8. The third-order valence-electron chi connectivity index (χ3n) is 1.42. The molecule has 0 radical (unpaired) electrons. The number of ketones is 1. The summed E-state index contributed by atoms with van der Waals surface area (Å²) in [5.41, 5.74) is 0. The molecule has 11 heavy (non-hydrogen) atoms. The van der Waals surface area contributed by atoms with Gasteiger partial charge in [-0.05, 0) is 6.92 Å². The molecule has 0 aromatic carbocycles. The topological polar surface area (TPSA) is 46.2 Å². The van der Waals surface area contributed by atoms with Crippen LogP contribution in [0.1, 0.15) is 27.7 Å². The minimum atomic E-state index is -0.354.